The molecule has 0 atom stereocenters. The third-order valence-corrected chi connectivity index (χ3v) is 2.50. The van der Waals surface area contributed by atoms with Crippen LogP contribution in [0.25, 0.3) is 5.52 Å². The van der Waals surface area contributed by atoms with Crippen molar-refractivity contribution in [2.24, 2.45) is 0 Å². The highest BCUT2D eigenvalue weighted by Crippen LogP contribution is 2.16. The topological polar surface area (TPSA) is 34.4 Å². The Morgan fingerprint density at radius 1 is 1.54 bits per heavy atom. The van der Waals surface area contributed by atoms with Crippen LogP contribution >= 0.6 is 15.9 Å². The van der Waals surface area contributed by atoms with E-state index in [1.54, 1.807) is 25.5 Å². The van der Waals surface area contributed by atoms with Gasteiger partial charge in [-0.3, -0.25) is 4.79 Å². The molecule has 13 heavy (non-hydrogen) atoms. The Kier molecular flexibility index (Phi) is 1.92. The normalized spacial score (nSPS) is 10.6. The van der Waals surface area contributed by atoms with Crippen molar-refractivity contribution >= 4 is 27.2 Å². The average Bonchev–Trinajstić information content (AvgIpc) is 2.47. The highest BCUT2D eigenvalue weighted by atomic mass is 79.9. The molecule has 0 aliphatic heterocycles. The number of nitrogens with zero attached hydrogens (tertiary/aromatic N) is 2. The number of carbonyl (C=O) groups excluding carboxylic acids is 1. The van der Waals surface area contributed by atoms with Crippen LogP contribution in [-0.4, -0.2) is 15.2 Å². The van der Waals surface area contributed by atoms with Gasteiger partial charge in [-0.25, -0.2) is 4.98 Å². The first-order valence-corrected chi connectivity index (χ1v) is 4.61. The van der Waals surface area contributed by atoms with E-state index in [0.717, 1.165) is 10.1 Å². The first kappa shape index (κ1) is 8.44. The maximum Gasteiger partial charge on any atom is 0.161 e. The van der Waals surface area contributed by atoms with Crippen LogP contribution in [0, 0.1) is 0 Å². The second kappa shape index (κ2) is 2.96. The SMILES string of the molecule is CC(=O)c1ccc2c(Br)ncn2c1. The Balaban J connectivity index is 2.70. The van der Waals surface area contributed by atoms with Gasteiger partial charge < -0.3 is 4.40 Å². The summed E-state index contributed by atoms with van der Waals surface area (Å²) < 4.78 is 2.61. The second-order valence-electron chi connectivity index (χ2n) is 2.80. The van der Waals surface area contributed by atoms with E-state index in [2.05, 4.69) is 20.9 Å². The molecule has 0 amide bonds. The smallest absolute Gasteiger partial charge is 0.161 e. The Hall–Kier alpha value is -1.16. The number of hydrogen-bond acceptors (Lipinski definition) is 2. The summed E-state index contributed by atoms with van der Waals surface area (Å²) in [6.07, 6.45) is 3.45. The van der Waals surface area contributed by atoms with Crippen molar-refractivity contribution in [2.75, 3.05) is 0 Å². The fourth-order valence-corrected chi connectivity index (χ4v) is 1.60. The summed E-state index contributed by atoms with van der Waals surface area (Å²) in [5.74, 6) is 0.0618. The summed E-state index contributed by atoms with van der Waals surface area (Å²) >= 11 is 3.31. The van der Waals surface area contributed by atoms with E-state index in [4.69, 9.17) is 0 Å². The molecule has 0 saturated carbocycles. The van der Waals surface area contributed by atoms with Crippen molar-refractivity contribution in [3.63, 3.8) is 0 Å². The van der Waals surface area contributed by atoms with E-state index in [0.29, 0.717) is 5.56 Å². The summed E-state index contributed by atoms with van der Waals surface area (Å²) in [7, 11) is 0. The van der Waals surface area contributed by atoms with E-state index in [-0.39, 0.29) is 5.78 Å². The zero-order chi connectivity index (χ0) is 9.42. The number of pyridine rings is 1. The molecule has 3 nitrogen and oxygen atoms in total. The fraction of sp³-hybridized carbons (Fsp3) is 0.111. The maximum atomic E-state index is 11.1. The summed E-state index contributed by atoms with van der Waals surface area (Å²) in [4.78, 5) is 15.1. The second-order valence-corrected chi connectivity index (χ2v) is 3.55. The molecule has 0 fully saturated rings. The third kappa shape index (κ3) is 1.37. The number of imidazole rings is 1. The summed E-state index contributed by atoms with van der Waals surface area (Å²) in [6, 6.07) is 3.66. The van der Waals surface area contributed by atoms with Gasteiger partial charge in [0.25, 0.3) is 0 Å². The van der Waals surface area contributed by atoms with E-state index in [1.807, 2.05) is 10.5 Å². The highest BCUT2D eigenvalue weighted by Gasteiger charge is 2.03. The first-order valence-electron chi connectivity index (χ1n) is 3.81. The fourth-order valence-electron chi connectivity index (χ4n) is 1.18. The monoisotopic (exact) mass is 238 g/mol. The lowest BCUT2D eigenvalue weighted by atomic mass is 10.2. The van der Waals surface area contributed by atoms with E-state index < -0.39 is 0 Å². The van der Waals surface area contributed by atoms with Gasteiger partial charge in [-0.05, 0) is 35.0 Å². The van der Waals surface area contributed by atoms with Crippen LogP contribution in [0.2, 0.25) is 0 Å². The molecule has 0 radical (unpaired) electrons. The van der Waals surface area contributed by atoms with E-state index in [1.165, 1.54) is 0 Å². The molecule has 0 aromatic carbocycles. The van der Waals surface area contributed by atoms with Crippen LogP contribution in [0.15, 0.2) is 29.3 Å². The quantitative estimate of drug-likeness (QED) is 0.715. The minimum absolute atomic E-state index is 0.0618. The maximum absolute atomic E-state index is 11.1. The number of hydrogen-bond donors (Lipinski definition) is 0. The number of fused-ring (bicyclic) bond motifs is 1. The van der Waals surface area contributed by atoms with Crippen molar-refractivity contribution in [1.29, 1.82) is 0 Å². The minimum atomic E-state index is 0.0618. The first-order chi connectivity index (χ1) is 6.18. The van der Waals surface area contributed by atoms with Gasteiger partial charge in [0.05, 0.1) is 5.52 Å². The molecular weight excluding hydrogens is 232 g/mol. The summed E-state index contributed by atoms with van der Waals surface area (Å²) in [5.41, 5.74) is 1.66. The molecule has 66 valence electrons. The van der Waals surface area contributed by atoms with Gasteiger partial charge in [0.1, 0.15) is 10.9 Å². The van der Waals surface area contributed by atoms with Crippen LogP contribution in [-0.2, 0) is 0 Å². The lowest BCUT2D eigenvalue weighted by Crippen LogP contribution is -1.94. The molecule has 0 N–H and O–H groups in total. The molecule has 2 aromatic rings. The molecule has 0 bridgehead atoms. The van der Waals surface area contributed by atoms with Crippen LogP contribution in [0.1, 0.15) is 17.3 Å². The van der Waals surface area contributed by atoms with Crippen molar-refractivity contribution in [2.45, 2.75) is 6.92 Å². The number of ketones is 1. The lowest BCUT2D eigenvalue weighted by Gasteiger charge is -1.97. The predicted octanol–water partition coefficient (Wildman–Crippen LogP) is 2.30. The number of halogens is 1. The molecule has 4 heteroatoms. The molecule has 0 spiro atoms. The van der Waals surface area contributed by atoms with Gasteiger partial charge in [0.15, 0.2) is 5.78 Å². The van der Waals surface area contributed by atoms with Crippen molar-refractivity contribution < 1.29 is 4.79 Å². The molecule has 2 heterocycles. The zero-order valence-corrected chi connectivity index (χ0v) is 8.58. The van der Waals surface area contributed by atoms with Gasteiger partial charge in [0, 0.05) is 11.8 Å². The molecule has 2 aromatic heterocycles. The Labute approximate surface area is 83.5 Å². The number of rotatable bonds is 1. The summed E-state index contributed by atoms with van der Waals surface area (Å²) in [5, 5.41) is 0. The molecule has 0 saturated heterocycles. The Bertz CT molecular complexity index is 475. The molecular formula is C9H7BrN2O. The van der Waals surface area contributed by atoms with Crippen LogP contribution in [0.5, 0.6) is 0 Å². The van der Waals surface area contributed by atoms with Gasteiger partial charge >= 0.3 is 0 Å². The number of Topliss-reactive ketones (excluding diaryl/α,β-unsaturated/α-hetero) is 1. The standard InChI is InChI=1S/C9H7BrN2O/c1-6(13)7-2-3-8-9(10)11-5-12(8)4-7/h2-5H,1H3. The Morgan fingerprint density at radius 2 is 2.31 bits per heavy atom. The predicted molar refractivity (Wildman–Crippen MR) is 52.9 cm³/mol. The van der Waals surface area contributed by atoms with Gasteiger partial charge in [-0.1, -0.05) is 0 Å². The largest absolute Gasteiger partial charge is 0.304 e. The molecule has 2 rings (SSSR count). The van der Waals surface area contributed by atoms with Crippen molar-refractivity contribution in [3.05, 3.63) is 34.8 Å². The summed E-state index contributed by atoms with van der Waals surface area (Å²) in [6.45, 7) is 1.55. The highest BCUT2D eigenvalue weighted by molar-refractivity contribution is 9.10. The third-order valence-electron chi connectivity index (χ3n) is 1.89. The molecule has 0 aliphatic carbocycles. The van der Waals surface area contributed by atoms with Gasteiger partial charge in [-0.15, -0.1) is 0 Å². The van der Waals surface area contributed by atoms with Crippen molar-refractivity contribution in [3.8, 4) is 0 Å². The average molecular weight is 239 g/mol. The zero-order valence-electron chi connectivity index (χ0n) is 6.99. The van der Waals surface area contributed by atoms with Crippen molar-refractivity contribution in [1.82, 2.24) is 9.38 Å². The van der Waals surface area contributed by atoms with E-state index >= 15 is 0 Å². The van der Waals surface area contributed by atoms with Crippen LogP contribution < -0.4 is 0 Å². The minimum Gasteiger partial charge on any atom is -0.304 e. The number of carbonyl (C=O) groups is 1. The van der Waals surface area contributed by atoms with Crippen LogP contribution in [0.4, 0.5) is 0 Å². The van der Waals surface area contributed by atoms with Crippen LogP contribution in [0.3, 0.4) is 0 Å². The lowest BCUT2D eigenvalue weighted by molar-refractivity contribution is 0.101. The molecule has 0 aliphatic rings. The van der Waals surface area contributed by atoms with E-state index in [9.17, 15) is 4.79 Å². The van der Waals surface area contributed by atoms with Gasteiger partial charge in [-0.2, -0.15) is 0 Å². The molecule has 0 unspecified atom stereocenters. The number of aromatic nitrogens is 2. The Morgan fingerprint density at radius 3 is 3.00 bits per heavy atom. The van der Waals surface area contributed by atoms with Gasteiger partial charge in [0.2, 0.25) is 0 Å².